The van der Waals surface area contributed by atoms with Crippen molar-refractivity contribution in [3.05, 3.63) is 54.4 Å². The third kappa shape index (κ3) is 2.89. The molecule has 1 saturated carbocycles. The number of benzene rings is 2. The fourth-order valence-corrected chi connectivity index (χ4v) is 3.61. The van der Waals surface area contributed by atoms with Crippen LogP contribution in [0.2, 0.25) is 0 Å². The van der Waals surface area contributed by atoms with Gasteiger partial charge in [-0.1, -0.05) is 43.5 Å². The molecule has 0 bridgehead atoms. The zero-order valence-corrected chi connectivity index (χ0v) is 13.3. The van der Waals surface area contributed by atoms with Crippen molar-refractivity contribution in [1.29, 1.82) is 0 Å². The van der Waals surface area contributed by atoms with Crippen LogP contribution in [0.15, 0.2) is 48.8 Å². The highest BCUT2D eigenvalue weighted by Crippen LogP contribution is 2.30. The maximum atomic E-state index is 9.25. The Labute approximate surface area is 136 Å². The Morgan fingerprint density at radius 2 is 1.74 bits per heavy atom. The van der Waals surface area contributed by atoms with E-state index in [1.165, 1.54) is 54.0 Å². The van der Waals surface area contributed by atoms with Crippen LogP contribution in [0.4, 0.5) is 0 Å². The lowest BCUT2D eigenvalue weighted by Crippen LogP contribution is -2.12. The van der Waals surface area contributed by atoms with E-state index in [0.29, 0.717) is 6.04 Å². The highest BCUT2D eigenvalue weighted by Gasteiger charge is 2.16. The van der Waals surface area contributed by atoms with E-state index < -0.39 is 0 Å². The summed E-state index contributed by atoms with van der Waals surface area (Å²) < 4.78 is 2.16. The van der Waals surface area contributed by atoms with E-state index in [2.05, 4.69) is 40.2 Å². The monoisotopic (exact) mass is 306 g/mol. The minimum atomic E-state index is 0.0891. The van der Waals surface area contributed by atoms with E-state index in [9.17, 15) is 5.11 Å². The molecule has 0 radical (unpaired) electrons. The molecular weight excluding hydrogens is 284 g/mol. The van der Waals surface area contributed by atoms with Gasteiger partial charge in [0.2, 0.25) is 0 Å². The van der Waals surface area contributed by atoms with E-state index in [1.54, 1.807) is 0 Å². The lowest BCUT2D eigenvalue weighted by Gasteiger charge is -2.21. The van der Waals surface area contributed by atoms with Gasteiger partial charge in [-0.25, -0.2) is 0 Å². The number of aliphatic hydroxyl groups excluding tert-OH is 1. The van der Waals surface area contributed by atoms with Crippen LogP contribution < -0.4 is 0 Å². The van der Waals surface area contributed by atoms with Gasteiger partial charge in [-0.2, -0.15) is 5.10 Å². The Morgan fingerprint density at radius 3 is 2.57 bits per heavy atom. The summed E-state index contributed by atoms with van der Waals surface area (Å²) in [6.07, 6.45) is 10.7. The molecule has 1 N–H and O–H groups in total. The minimum Gasteiger partial charge on any atom is -0.392 e. The molecule has 4 rings (SSSR count). The predicted octanol–water partition coefficient (Wildman–Crippen LogP) is 4.70. The number of fused-ring (bicyclic) bond motifs is 1. The average molecular weight is 306 g/mol. The number of aromatic nitrogens is 2. The van der Waals surface area contributed by atoms with Crippen LogP contribution >= 0.6 is 0 Å². The Kier molecular flexibility index (Phi) is 3.88. The molecule has 23 heavy (non-hydrogen) atoms. The van der Waals surface area contributed by atoms with E-state index in [4.69, 9.17) is 0 Å². The third-order valence-corrected chi connectivity index (χ3v) is 4.97. The first-order valence-electron chi connectivity index (χ1n) is 8.51. The first-order chi connectivity index (χ1) is 11.3. The van der Waals surface area contributed by atoms with Crippen LogP contribution in [0.3, 0.4) is 0 Å². The minimum absolute atomic E-state index is 0.0891. The first-order valence-corrected chi connectivity index (χ1v) is 8.51. The molecule has 3 nitrogen and oxygen atoms in total. The van der Waals surface area contributed by atoms with Gasteiger partial charge in [0.1, 0.15) is 0 Å². The maximum absolute atomic E-state index is 9.25. The van der Waals surface area contributed by atoms with Crippen molar-refractivity contribution in [2.45, 2.75) is 44.8 Å². The van der Waals surface area contributed by atoms with Gasteiger partial charge in [0.25, 0.3) is 0 Å². The Bertz CT molecular complexity index is 815. The molecule has 0 unspecified atom stereocenters. The topological polar surface area (TPSA) is 38.1 Å². The summed E-state index contributed by atoms with van der Waals surface area (Å²) in [6.45, 7) is 0.0891. The van der Waals surface area contributed by atoms with Gasteiger partial charge in [-0.15, -0.1) is 0 Å². The van der Waals surface area contributed by atoms with Gasteiger partial charge in [-0.05, 0) is 46.9 Å². The second-order valence-electron chi connectivity index (χ2n) is 6.56. The molecule has 0 amide bonds. The van der Waals surface area contributed by atoms with Crippen LogP contribution in [0.1, 0.15) is 43.7 Å². The molecule has 0 spiro atoms. The van der Waals surface area contributed by atoms with Gasteiger partial charge in [0.15, 0.2) is 0 Å². The summed E-state index contributed by atoms with van der Waals surface area (Å²) in [6, 6.07) is 13.2. The third-order valence-electron chi connectivity index (χ3n) is 4.97. The second kappa shape index (κ2) is 6.17. The molecule has 0 saturated heterocycles. The first kappa shape index (κ1) is 14.5. The Morgan fingerprint density at radius 1 is 0.957 bits per heavy atom. The lowest BCUT2D eigenvalue weighted by atomic mass is 9.96. The Balaban J connectivity index is 1.64. The molecule has 1 aromatic heterocycles. The number of aliphatic hydroxyl groups is 1. The van der Waals surface area contributed by atoms with Gasteiger partial charge >= 0.3 is 0 Å². The second-order valence-corrected chi connectivity index (χ2v) is 6.56. The zero-order valence-electron chi connectivity index (χ0n) is 13.3. The molecule has 0 atom stereocenters. The summed E-state index contributed by atoms with van der Waals surface area (Å²) >= 11 is 0. The zero-order chi connectivity index (χ0) is 15.6. The van der Waals surface area contributed by atoms with Crippen molar-refractivity contribution in [3.63, 3.8) is 0 Å². The van der Waals surface area contributed by atoms with Gasteiger partial charge in [-0.3, -0.25) is 4.68 Å². The van der Waals surface area contributed by atoms with Crippen LogP contribution in [0, 0.1) is 0 Å². The molecular formula is C20H22N2O. The lowest BCUT2D eigenvalue weighted by molar-refractivity contribution is 0.282. The summed E-state index contributed by atoms with van der Waals surface area (Å²) in [5.74, 6) is 0. The number of rotatable bonds is 3. The average Bonchev–Trinajstić information content (AvgIpc) is 3.11. The largest absolute Gasteiger partial charge is 0.392 e. The molecule has 1 heterocycles. The maximum Gasteiger partial charge on any atom is 0.0682 e. The molecule has 3 aromatic rings. The number of nitrogens with zero attached hydrogens (tertiary/aromatic N) is 2. The molecule has 0 aliphatic heterocycles. The SMILES string of the molecule is OCc1ccc2cc(-c3cnn(C4CCCCC4)c3)ccc2c1. The number of hydrogen-bond donors (Lipinski definition) is 1. The van der Waals surface area contributed by atoms with Crippen molar-refractivity contribution in [1.82, 2.24) is 9.78 Å². The van der Waals surface area contributed by atoms with Crippen molar-refractivity contribution < 1.29 is 5.11 Å². The van der Waals surface area contributed by atoms with Crippen LogP contribution in [0.25, 0.3) is 21.9 Å². The number of hydrogen-bond acceptors (Lipinski definition) is 2. The summed E-state index contributed by atoms with van der Waals surface area (Å²) in [5, 5.41) is 16.2. The van der Waals surface area contributed by atoms with Gasteiger partial charge in [0, 0.05) is 11.8 Å². The molecule has 118 valence electrons. The van der Waals surface area contributed by atoms with Crippen LogP contribution in [0.5, 0.6) is 0 Å². The molecule has 1 fully saturated rings. The predicted molar refractivity (Wildman–Crippen MR) is 93.2 cm³/mol. The summed E-state index contributed by atoms with van der Waals surface area (Å²) in [4.78, 5) is 0. The van der Waals surface area contributed by atoms with Gasteiger partial charge < -0.3 is 5.11 Å². The summed E-state index contributed by atoms with van der Waals surface area (Å²) in [7, 11) is 0. The smallest absolute Gasteiger partial charge is 0.0682 e. The van der Waals surface area contributed by atoms with Crippen LogP contribution in [-0.4, -0.2) is 14.9 Å². The Hall–Kier alpha value is -2.13. The quantitative estimate of drug-likeness (QED) is 0.761. The standard InChI is InChI=1S/C20H22N2O/c23-14-15-6-7-17-11-18(9-8-16(17)10-15)19-12-21-22(13-19)20-4-2-1-3-5-20/h6-13,20,23H,1-5,14H2. The highest BCUT2D eigenvalue weighted by atomic mass is 16.3. The fraction of sp³-hybridized carbons (Fsp3) is 0.350. The molecule has 3 heteroatoms. The van der Waals surface area contributed by atoms with E-state index in [-0.39, 0.29) is 6.61 Å². The van der Waals surface area contributed by atoms with Crippen molar-refractivity contribution in [2.75, 3.05) is 0 Å². The van der Waals surface area contributed by atoms with Crippen molar-refractivity contribution in [3.8, 4) is 11.1 Å². The van der Waals surface area contributed by atoms with Crippen LogP contribution in [-0.2, 0) is 6.61 Å². The van der Waals surface area contributed by atoms with E-state index in [0.717, 1.165) is 5.56 Å². The van der Waals surface area contributed by atoms with Gasteiger partial charge in [0.05, 0.1) is 18.8 Å². The van der Waals surface area contributed by atoms with E-state index in [1.807, 2.05) is 18.3 Å². The molecule has 2 aromatic carbocycles. The molecule has 1 aliphatic rings. The van der Waals surface area contributed by atoms with Crippen molar-refractivity contribution in [2.24, 2.45) is 0 Å². The highest BCUT2D eigenvalue weighted by molar-refractivity contribution is 5.87. The normalized spacial score (nSPS) is 16.0. The molecule has 1 aliphatic carbocycles. The fourth-order valence-electron chi connectivity index (χ4n) is 3.61. The van der Waals surface area contributed by atoms with Crippen molar-refractivity contribution >= 4 is 10.8 Å². The summed E-state index contributed by atoms with van der Waals surface area (Å²) in [5.41, 5.74) is 3.34. The van der Waals surface area contributed by atoms with E-state index >= 15 is 0 Å².